The molecule has 3 nitrogen and oxygen atoms in total. The molecule has 1 rings (SSSR count). The van der Waals surface area contributed by atoms with E-state index >= 15 is 0 Å². The van der Waals surface area contributed by atoms with E-state index in [9.17, 15) is 12.8 Å². The fraction of sp³-hybridized carbons (Fsp3) is 0.143. The Hall–Kier alpha value is -1.10. The molecular formula is C7H6FO3S. The van der Waals surface area contributed by atoms with Crippen LogP contribution in [0.2, 0.25) is 0 Å². The molecule has 0 aromatic heterocycles. The lowest BCUT2D eigenvalue weighted by molar-refractivity contribution is 0.467. The van der Waals surface area contributed by atoms with Gasteiger partial charge >= 0.3 is 10.1 Å². The van der Waals surface area contributed by atoms with E-state index in [0.717, 1.165) is 12.3 Å². The summed E-state index contributed by atoms with van der Waals surface area (Å²) in [5, 5.41) is 0. The minimum absolute atomic E-state index is 0.309. The van der Waals surface area contributed by atoms with Gasteiger partial charge in [0.1, 0.15) is 0 Å². The maximum absolute atomic E-state index is 12.7. The summed E-state index contributed by atoms with van der Waals surface area (Å²) in [6, 6.07) is 5.99. The predicted octanol–water partition coefficient (Wildman–Crippen LogP) is 0.964. The molecule has 65 valence electrons. The molecule has 0 aliphatic rings. The summed E-state index contributed by atoms with van der Waals surface area (Å²) >= 11 is 0. The van der Waals surface area contributed by atoms with Gasteiger partial charge in [0.15, 0.2) is 11.6 Å². The molecule has 1 aromatic rings. The van der Waals surface area contributed by atoms with Crippen LogP contribution in [0.15, 0.2) is 18.2 Å². The monoisotopic (exact) mass is 189 g/mol. The standard InChI is InChI=1S/C7H6FO3S/c1-12(9,10)11-7-5-3-2-4-6(7)8/h3-5H,1H3. The van der Waals surface area contributed by atoms with Crippen LogP contribution in [0.4, 0.5) is 4.39 Å². The van der Waals surface area contributed by atoms with Crippen molar-refractivity contribution in [3.63, 3.8) is 0 Å². The Balaban J connectivity index is 2.98. The molecule has 0 N–H and O–H groups in total. The molecule has 0 bridgehead atoms. The molecule has 0 heterocycles. The third kappa shape index (κ3) is 2.50. The summed E-state index contributed by atoms with van der Waals surface area (Å²) in [6.45, 7) is 0. The highest BCUT2D eigenvalue weighted by molar-refractivity contribution is 7.86. The van der Waals surface area contributed by atoms with Crippen LogP contribution in [0.1, 0.15) is 0 Å². The van der Waals surface area contributed by atoms with Crippen molar-refractivity contribution in [2.45, 2.75) is 0 Å². The SMILES string of the molecule is CS(=O)(=O)Oc1cc[c]cc1F. The Morgan fingerprint density at radius 2 is 2.25 bits per heavy atom. The van der Waals surface area contributed by atoms with Crippen molar-refractivity contribution in [3.05, 3.63) is 30.1 Å². The zero-order valence-electron chi connectivity index (χ0n) is 6.24. The van der Waals surface area contributed by atoms with Crippen LogP contribution in [0.25, 0.3) is 0 Å². The van der Waals surface area contributed by atoms with Crippen LogP contribution >= 0.6 is 0 Å². The number of hydrogen-bond acceptors (Lipinski definition) is 3. The normalized spacial score (nSPS) is 11.2. The van der Waals surface area contributed by atoms with Crippen molar-refractivity contribution in [3.8, 4) is 5.75 Å². The second kappa shape index (κ2) is 3.10. The van der Waals surface area contributed by atoms with Gasteiger partial charge in [-0.25, -0.2) is 4.39 Å². The van der Waals surface area contributed by atoms with Gasteiger partial charge < -0.3 is 4.18 Å². The fourth-order valence-corrected chi connectivity index (χ4v) is 1.09. The molecule has 0 atom stereocenters. The van der Waals surface area contributed by atoms with E-state index in [0.29, 0.717) is 0 Å². The summed E-state index contributed by atoms with van der Waals surface area (Å²) in [6.07, 6.45) is 0.850. The first kappa shape index (κ1) is 8.99. The van der Waals surface area contributed by atoms with Crippen LogP contribution in [0.5, 0.6) is 5.75 Å². The molecule has 0 aliphatic carbocycles. The Kier molecular flexibility index (Phi) is 2.32. The molecule has 0 saturated heterocycles. The molecule has 5 heteroatoms. The average Bonchev–Trinajstić information content (AvgIpc) is 1.91. The second-order valence-electron chi connectivity index (χ2n) is 2.14. The van der Waals surface area contributed by atoms with Gasteiger partial charge in [0.2, 0.25) is 0 Å². The molecule has 0 unspecified atom stereocenters. The highest BCUT2D eigenvalue weighted by Gasteiger charge is 2.07. The molecule has 0 fully saturated rings. The quantitative estimate of drug-likeness (QED) is 0.651. The number of hydrogen-bond donors (Lipinski definition) is 0. The molecule has 1 aromatic carbocycles. The first-order chi connectivity index (χ1) is 5.49. The molecular weight excluding hydrogens is 183 g/mol. The zero-order chi connectivity index (χ0) is 9.19. The third-order valence-corrected chi connectivity index (χ3v) is 1.50. The zero-order valence-corrected chi connectivity index (χ0v) is 7.06. The minimum Gasteiger partial charge on any atom is -0.379 e. The molecule has 0 aliphatic heterocycles. The lowest BCUT2D eigenvalue weighted by Gasteiger charge is -2.01. The van der Waals surface area contributed by atoms with Gasteiger partial charge in [-0.1, -0.05) is 6.07 Å². The van der Waals surface area contributed by atoms with Crippen molar-refractivity contribution in [1.29, 1.82) is 0 Å². The van der Waals surface area contributed by atoms with Gasteiger partial charge in [-0.15, -0.1) is 0 Å². The number of rotatable bonds is 2. The highest BCUT2D eigenvalue weighted by atomic mass is 32.2. The smallest absolute Gasteiger partial charge is 0.306 e. The fourth-order valence-electron chi connectivity index (χ4n) is 0.626. The van der Waals surface area contributed by atoms with Crippen molar-refractivity contribution < 1.29 is 17.0 Å². The minimum atomic E-state index is -3.65. The van der Waals surface area contributed by atoms with E-state index in [1.165, 1.54) is 12.1 Å². The maximum atomic E-state index is 12.7. The summed E-state index contributed by atoms with van der Waals surface area (Å²) < 4.78 is 38.1. The van der Waals surface area contributed by atoms with Crippen molar-refractivity contribution in [2.75, 3.05) is 6.26 Å². The Bertz CT molecular complexity index is 372. The van der Waals surface area contributed by atoms with Gasteiger partial charge in [0.25, 0.3) is 0 Å². The average molecular weight is 189 g/mol. The molecule has 1 radical (unpaired) electrons. The summed E-state index contributed by atoms with van der Waals surface area (Å²) in [5.74, 6) is -1.06. The first-order valence-electron chi connectivity index (χ1n) is 3.04. The van der Waals surface area contributed by atoms with E-state index < -0.39 is 15.9 Å². The van der Waals surface area contributed by atoms with Crippen molar-refractivity contribution in [1.82, 2.24) is 0 Å². The van der Waals surface area contributed by atoms with Crippen LogP contribution in [0, 0.1) is 11.9 Å². The predicted molar refractivity (Wildman–Crippen MR) is 40.7 cm³/mol. The number of halogens is 1. The van der Waals surface area contributed by atoms with E-state index in [4.69, 9.17) is 0 Å². The van der Waals surface area contributed by atoms with Crippen molar-refractivity contribution in [2.24, 2.45) is 0 Å². The van der Waals surface area contributed by atoms with Gasteiger partial charge in [-0.3, -0.25) is 0 Å². The van der Waals surface area contributed by atoms with Gasteiger partial charge in [0.05, 0.1) is 6.26 Å². The second-order valence-corrected chi connectivity index (χ2v) is 3.72. The Morgan fingerprint density at radius 3 is 2.75 bits per heavy atom. The van der Waals surface area contributed by atoms with Crippen LogP contribution in [-0.2, 0) is 10.1 Å². The van der Waals surface area contributed by atoms with Gasteiger partial charge in [0, 0.05) is 0 Å². The molecule has 12 heavy (non-hydrogen) atoms. The van der Waals surface area contributed by atoms with Crippen LogP contribution in [-0.4, -0.2) is 14.7 Å². The largest absolute Gasteiger partial charge is 0.379 e. The van der Waals surface area contributed by atoms with Gasteiger partial charge in [-0.05, 0) is 18.2 Å². The van der Waals surface area contributed by atoms with Crippen LogP contribution in [0.3, 0.4) is 0 Å². The molecule has 0 spiro atoms. The molecule has 0 saturated carbocycles. The summed E-state index contributed by atoms with van der Waals surface area (Å²) in [7, 11) is -3.65. The molecule has 0 amide bonds. The van der Waals surface area contributed by atoms with E-state index in [1.807, 2.05) is 0 Å². The number of benzene rings is 1. The van der Waals surface area contributed by atoms with E-state index in [-0.39, 0.29) is 5.75 Å². The van der Waals surface area contributed by atoms with E-state index in [1.54, 1.807) is 0 Å². The summed E-state index contributed by atoms with van der Waals surface area (Å²) in [5.41, 5.74) is 0. The van der Waals surface area contributed by atoms with Crippen LogP contribution < -0.4 is 4.18 Å². The lowest BCUT2D eigenvalue weighted by Crippen LogP contribution is -2.06. The third-order valence-electron chi connectivity index (χ3n) is 1.02. The van der Waals surface area contributed by atoms with Crippen molar-refractivity contribution >= 4 is 10.1 Å². The summed E-state index contributed by atoms with van der Waals surface area (Å²) in [4.78, 5) is 0. The van der Waals surface area contributed by atoms with Gasteiger partial charge in [-0.2, -0.15) is 8.42 Å². The highest BCUT2D eigenvalue weighted by Crippen LogP contribution is 2.16. The lowest BCUT2D eigenvalue weighted by atomic mass is 10.3. The maximum Gasteiger partial charge on any atom is 0.306 e. The Morgan fingerprint density at radius 1 is 1.58 bits per heavy atom. The van der Waals surface area contributed by atoms with E-state index in [2.05, 4.69) is 10.2 Å². The first-order valence-corrected chi connectivity index (χ1v) is 4.86. The topological polar surface area (TPSA) is 43.4 Å². The Labute approximate surface area is 69.9 Å².